The van der Waals surface area contributed by atoms with E-state index in [9.17, 15) is 13.6 Å². The number of alkyl halides is 2. The predicted molar refractivity (Wildman–Crippen MR) is 56.9 cm³/mol. The Kier molecular flexibility index (Phi) is 3.73. The minimum absolute atomic E-state index is 0.0257. The third-order valence-corrected chi connectivity index (χ3v) is 3.05. The van der Waals surface area contributed by atoms with Gasteiger partial charge in [0.25, 0.3) is 6.43 Å². The van der Waals surface area contributed by atoms with Crippen molar-refractivity contribution >= 4 is 6.09 Å². The van der Waals surface area contributed by atoms with Crippen LogP contribution in [-0.4, -0.2) is 27.2 Å². The first kappa shape index (κ1) is 12.7. The zero-order chi connectivity index (χ0) is 13.1. The number of hydrogen-bond acceptors (Lipinski definition) is 4. The Balaban J connectivity index is 1.90. The van der Waals surface area contributed by atoms with Gasteiger partial charge in [-0.2, -0.15) is 0 Å². The topological polar surface area (TPSA) is 83.0 Å². The molecular weight excluding hydrogens is 246 g/mol. The van der Waals surface area contributed by atoms with Crippen LogP contribution in [0.5, 0.6) is 0 Å². The average molecular weight is 260 g/mol. The summed E-state index contributed by atoms with van der Waals surface area (Å²) < 4.78 is 31.1. The van der Waals surface area contributed by atoms with E-state index in [0.29, 0.717) is 25.7 Å². The van der Waals surface area contributed by atoms with E-state index in [0.717, 1.165) is 0 Å². The van der Waals surface area contributed by atoms with Crippen LogP contribution in [-0.2, 0) is 4.74 Å². The molecule has 1 amide bonds. The van der Waals surface area contributed by atoms with E-state index in [-0.39, 0.29) is 17.8 Å². The molecule has 1 heterocycles. The number of nitrogens with two attached hydrogens (primary N) is 1. The second-order valence-electron chi connectivity index (χ2n) is 4.29. The fourth-order valence-corrected chi connectivity index (χ4v) is 2.16. The number of rotatable bonds is 3. The molecule has 2 N–H and O–H groups in total. The number of nitrogens with zero attached hydrogens (tertiary/aromatic N) is 3. The number of halogens is 2. The van der Waals surface area contributed by atoms with E-state index in [2.05, 4.69) is 10.3 Å². The second kappa shape index (κ2) is 5.28. The molecular formula is C10H14F2N4O2. The molecule has 0 unspecified atom stereocenters. The van der Waals surface area contributed by atoms with E-state index >= 15 is 0 Å². The number of ether oxygens (including phenoxy) is 1. The first-order valence-electron chi connectivity index (χ1n) is 5.72. The van der Waals surface area contributed by atoms with Crippen molar-refractivity contribution in [1.29, 1.82) is 0 Å². The number of hydrogen-bond donors (Lipinski definition) is 1. The van der Waals surface area contributed by atoms with Crippen LogP contribution in [0.15, 0.2) is 6.20 Å². The molecule has 0 saturated heterocycles. The molecule has 0 bridgehead atoms. The summed E-state index contributed by atoms with van der Waals surface area (Å²) in [5.74, 6) is 0. The highest BCUT2D eigenvalue weighted by Gasteiger charge is 2.25. The van der Waals surface area contributed by atoms with E-state index in [1.807, 2.05) is 0 Å². The average Bonchev–Trinajstić information content (AvgIpc) is 2.78. The quantitative estimate of drug-likeness (QED) is 0.898. The van der Waals surface area contributed by atoms with E-state index in [4.69, 9.17) is 10.5 Å². The number of amides is 1. The summed E-state index contributed by atoms with van der Waals surface area (Å²) in [6.45, 7) is 0. The lowest BCUT2D eigenvalue weighted by Gasteiger charge is -2.27. The number of carbonyl (C=O) groups excluding carboxylic acids is 1. The van der Waals surface area contributed by atoms with Gasteiger partial charge in [0.05, 0.1) is 12.2 Å². The van der Waals surface area contributed by atoms with Crippen molar-refractivity contribution in [1.82, 2.24) is 15.0 Å². The molecule has 0 atom stereocenters. The van der Waals surface area contributed by atoms with Crippen LogP contribution >= 0.6 is 0 Å². The Labute approximate surface area is 102 Å². The van der Waals surface area contributed by atoms with Gasteiger partial charge in [-0.15, -0.1) is 5.10 Å². The normalized spacial score (nSPS) is 24.2. The van der Waals surface area contributed by atoms with Crippen LogP contribution in [0.4, 0.5) is 13.6 Å². The number of aromatic nitrogens is 3. The van der Waals surface area contributed by atoms with E-state index < -0.39 is 12.5 Å². The molecule has 1 aliphatic rings. The molecule has 1 aromatic rings. The Morgan fingerprint density at radius 3 is 2.61 bits per heavy atom. The third kappa shape index (κ3) is 2.93. The van der Waals surface area contributed by atoms with Gasteiger partial charge in [-0.25, -0.2) is 18.3 Å². The first-order chi connectivity index (χ1) is 8.56. The highest BCUT2D eigenvalue weighted by molar-refractivity contribution is 5.64. The molecule has 1 fully saturated rings. The molecule has 2 rings (SSSR count). The summed E-state index contributed by atoms with van der Waals surface area (Å²) in [5, 5.41) is 7.12. The maximum Gasteiger partial charge on any atom is 0.404 e. The van der Waals surface area contributed by atoms with Gasteiger partial charge in [-0.1, -0.05) is 5.21 Å². The van der Waals surface area contributed by atoms with Crippen LogP contribution in [0.1, 0.15) is 43.8 Å². The smallest absolute Gasteiger partial charge is 0.404 e. The molecule has 8 heteroatoms. The van der Waals surface area contributed by atoms with Crippen LogP contribution in [0, 0.1) is 0 Å². The van der Waals surface area contributed by atoms with Crippen molar-refractivity contribution < 1.29 is 18.3 Å². The van der Waals surface area contributed by atoms with E-state index in [1.54, 1.807) is 0 Å². The fraction of sp³-hybridized carbons (Fsp3) is 0.700. The highest BCUT2D eigenvalue weighted by Crippen LogP contribution is 2.30. The molecule has 0 radical (unpaired) electrons. The van der Waals surface area contributed by atoms with Gasteiger partial charge in [0.1, 0.15) is 11.8 Å². The van der Waals surface area contributed by atoms with Crippen molar-refractivity contribution in [2.75, 3.05) is 0 Å². The summed E-state index contributed by atoms with van der Waals surface area (Å²) in [6, 6.07) is 0.0257. The maximum atomic E-state index is 12.4. The maximum absolute atomic E-state index is 12.4. The van der Waals surface area contributed by atoms with Gasteiger partial charge < -0.3 is 10.5 Å². The predicted octanol–water partition coefficient (Wildman–Crippen LogP) is 1.79. The largest absolute Gasteiger partial charge is 0.446 e. The molecule has 18 heavy (non-hydrogen) atoms. The lowest BCUT2D eigenvalue weighted by atomic mass is 9.93. The standard InChI is InChI=1S/C10H14F2N4O2/c11-9(12)8-5-16(15-14-8)6-1-3-7(4-2-6)18-10(13)17/h5-7,9H,1-4H2,(H2,13,17)/t6-,7-. The van der Waals surface area contributed by atoms with Crippen molar-refractivity contribution in [3.63, 3.8) is 0 Å². The van der Waals surface area contributed by atoms with Crippen LogP contribution in [0.3, 0.4) is 0 Å². The SMILES string of the molecule is NC(=O)O[C@H]1CC[C@H](n2cc(C(F)F)nn2)CC1. The van der Waals surface area contributed by atoms with Crippen molar-refractivity contribution in [2.24, 2.45) is 5.73 Å². The van der Waals surface area contributed by atoms with Gasteiger partial charge in [0, 0.05) is 0 Å². The Bertz CT molecular complexity index is 416. The molecule has 6 nitrogen and oxygen atoms in total. The number of carbonyl (C=O) groups is 1. The summed E-state index contributed by atoms with van der Waals surface area (Å²) in [6.07, 6.45) is 0.400. The van der Waals surface area contributed by atoms with Crippen molar-refractivity contribution in [2.45, 2.75) is 44.3 Å². The zero-order valence-corrected chi connectivity index (χ0v) is 9.63. The molecule has 1 aromatic heterocycles. The molecule has 1 aliphatic carbocycles. The van der Waals surface area contributed by atoms with Crippen LogP contribution < -0.4 is 5.73 Å². The zero-order valence-electron chi connectivity index (χ0n) is 9.63. The van der Waals surface area contributed by atoms with Gasteiger partial charge in [-0.3, -0.25) is 0 Å². The van der Waals surface area contributed by atoms with Crippen LogP contribution in [0.25, 0.3) is 0 Å². The lowest BCUT2D eigenvalue weighted by Crippen LogP contribution is -2.28. The summed E-state index contributed by atoms with van der Waals surface area (Å²) in [7, 11) is 0. The van der Waals surface area contributed by atoms with Gasteiger partial charge in [0.2, 0.25) is 0 Å². The van der Waals surface area contributed by atoms with E-state index in [1.165, 1.54) is 10.9 Å². The van der Waals surface area contributed by atoms with Gasteiger partial charge >= 0.3 is 6.09 Å². The Morgan fingerprint density at radius 1 is 1.44 bits per heavy atom. The van der Waals surface area contributed by atoms with Crippen molar-refractivity contribution in [3.8, 4) is 0 Å². The van der Waals surface area contributed by atoms with Crippen LogP contribution in [0.2, 0.25) is 0 Å². The first-order valence-corrected chi connectivity index (χ1v) is 5.72. The summed E-state index contributed by atoms with van der Waals surface area (Å²) in [4.78, 5) is 10.6. The summed E-state index contributed by atoms with van der Waals surface area (Å²) >= 11 is 0. The Morgan fingerprint density at radius 2 is 2.11 bits per heavy atom. The minimum atomic E-state index is -2.60. The summed E-state index contributed by atoms with van der Waals surface area (Å²) in [5.41, 5.74) is 4.62. The molecule has 0 aromatic carbocycles. The molecule has 0 spiro atoms. The van der Waals surface area contributed by atoms with Gasteiger partial charge in [-0.05, 0) is 25.7 Å². The Hall–Kier alpha value is -1.73. The number of primary amides is 1. The lowest BCUT2D eigenvalue weighted by molar-refractivity contribution is 0.0706. The molecule has 0 aliphatic heterocycles. The minimum Gasteiger partial charge on any atom is -0.446 e. The van der Waals surface area contributed by atoms with Gasteiger partial charge in [0.15, 0.2) is 0 Å². The monoisotopic (exact) mass is 260 g/mol. The molecule has 1 saturated carbocycles. The molecule has 100 valence electrons. The second-order valence-corrected chi connectivity index (χ2v) is 4.29. The third-order valence-electron chi connectivity index (χ3n) is 3.05. The highest BCUT2D eigenvalue weighted by atomic mass is 19.3. The fourth-order valence-electron chi connectivity index (χ4n) is 2.16. The van der Waals surface area contributed by atoms with Crippen molar-refractivity contribution in [3.05, 3.63) is 11.9 Å².